The molecule has 0 fully saturated rings. The molecular weight excluding hydrogens is 276 g/mol. The molecule has 0 aliphatic heterocycles. The number of aromatic amines is 1. The number of ether oxygens (including phenoxy) is 1. The Morgan fingerprint density at radius 1 is 1.45 bits per heavy atom. The number of rotatable bonds is 3. The molecule has 2 aromatic heterocycles. The van der Waals surface area contributed by atoms with E-state index in [4.69, 9.17) is 4.74 Å². The van der Waals surface area contributed by atoms with Gasteiger partial charge < -0.3 is 4.74 Å². The summed E-state index contributed by atoms with van der Waals surface area (Å²) < 4.78 is 6.13. The predicted octanol–water partition coefficient (Wildman–Crippen LogP) is 2.59. The second-order valence-corrected chi connectivity index (χ2v) is 5.25. The summed E-state index contributed by atoms with van der Waals surface area (Å²) in [5.41, 5.74) is 2.07. The number of carbonyl (C=O) groups is 1. The van der Waals surface area contributed by atoms with Crippen LogP contribution in [0.3, 0.4) is 0 Å². The third kappa shape index (κ3) is 2.23. The van der Waals surface area contributed by atoms with Crippen LogP contribution in [-0.4, -0.2) is 28.2 Å². The minimum atomic E-state index is -0.220. The van der Waals surface area contributed by atoms with E-state index in [9.17, 15) is 4.79 Å². The highest BCUT2D eigenvalue weighted by Crippen LogP contribution is 2.29. The van der Waals surface area contributed by atoms with Crippen LogP contribution in [0.1, 0.15) is 16.1 Å². The van der Waals surface area contributed by atoms with Crippen molar-refractivity contribution in [1.82, 2.24) is 15.2 Å². The Morgan fingerprint density at radius 3 is 3.00 bits per heavy atom. The Balaban J connectivity index is 1.88. The van der Waals surface area contributed by atoms with E-state index in [0.717, 1.165) is 21.7 Å². The van der Waals surface area contributed by atoms with Gasteiger partial charge in [-0.3, -0.25) is 15.2 Å². The van der Waals surface area contributed by atoms with E-state index in [0.29, 0.717) is 10.7 Å². The highest BCUT2D eigenvalue weighted by Gasteiger charge is 2.13. The van der Waals surface area contributed by atoms with Crippen LogP contribution in [0.15, 0.2) is 24.4 Å². The Bertz CT molecular complexity index is 778. The molecule has 20 heavy (non-hydrogen) atoms. The van der Waals surface area contributed by atoms with Gasteiger partial charge >= 0.3 is 0 Å². The van der Waals surface area contributed by atoms with Crippen LogP contribution in [-0.2, 0) is 0 Å². The second kappa shape index (κ2) is 4.93. The maximum atomic E-state index is 12.1. The van der Waals surface area contributed by atoms with Crippen LogP contribution in [0, 0.1) is 6.92 Å². The standard InChI is InChI=1S/C13H12N4O2S/c1-7-9(6-14-17-7)12(18)16-13-15-10-4-3-8(19-2)5-11(10)20-13/h3-6H,1-2H3,(H,14,17)(H,15,16,18). The van der Waals surface area contributed by atoms with Crippen molar-refractivity contribution in [2.24, 2.45) is 0 Å². The number of fused-ring (bicyclic) bond motifs is 1. The molecule has 0 atom stereocenters. The molecule has 0 unspecified atom stereocenters. The number of hydrogen-bond donors (Lipinski definition) is 2. The van der Waals surface area contributed by atoms with Crippen LogP contribution in [0.5, 0.6) is 5.75 Å². The van der Waals surface area contributed by atoms with Crippen LogP contribution in [0.2, 0.25) is 0 Å². The van der Waals surface area contributed by atoms with Crippen LogP contribution < -0.4 is 10.1 Å². The summed E-state index contributed by atoms with van der Waals surface area (Å²) >= 11 is 1.40. The number of aryl methyl sites for hydroxylation is 1. The van der Waals surface area contributed by atoms with Gasteiger partial charge in [0.15, 0.2) is 5.13 Å². The maximum absolute atomic E-state index is 12.1. The summed E-state index contributed by atoms with van der Waals surface area (Å²) in [6, 6.07) is 5.60. The van der Waals surface area contributed by atoms with Gasteiger partial charge in [-0.1, -0.05) is 11.3 Å². The van der Waals surface area contributed by atoms with Crippen molar-refractivity contribution >= 4 is 32.6 Å². The van der Waals surface area contributed by atoms with Crippen molar-refractivity contribution in [2.75, 3.05) is 12.4 Å². The topological polar surface area (TPSA) is 79.9 Å². The van der Waals surface area contributed by atoms with Crippen LogP contribution in [0.25, 0.3) is 10.2 Å². The number of benzene rings is 1. The molecule has 0 saturated carbocycles. The van der Waals surface area contributed by atoms with Crippen molar-refractivity contribution in [3.05, 3.63) is 35.7 Å². The Morgan fingerprint density at radius 2 is 2.30 bits per heavy atom. The van der Waals surface area contributed by atoms with Gasteiger partial charge in [0, 0.05) is 5.69 Å². The van der Waals surface area contributed by atoms with Crippen molar-refractivity contribution in [3.63, 3.8) is 0 Å². The summed E-state index contributed by atoms with van der Waals surface area (Å²) in [5.74, 6) is 0.548. The lowest BCUT2D eigenvalue weighted by molar-refractivity contribution is 0.102. The minimum absolute atomic E-state index is 0.220. The largest absolute Gasteiger partial charge is 0.497 e. The smallest absolute Gasteiger partial charge is 0.260 e. The lowest BCUT2D eigenvalue weighted by Crippen LogP contribution is -2.11. The van der Waals surface area contributed by atoms with E-state index < -0.39 is 0 Å². The third-order valence-electron chi connectivity index (χ3n) is 2.89. The molecule has 0 radical (unpaired) electrons. The third-order valence-corrected chi connectivity index (χ3v) is 3.82. The Labute approximate surface area is 118 Å². The number of carbonyl (C=O) groups excluding carboxylic acids is 1. The maximum Gasteiger partial charge on any atom is 0.260 e. The highest BCUT2D eigenvalue weighted by molar-refractivity contribution is 7.22. The highest BCUT2D eigenvalue weighted by atomic mass is 32.1. The summed E-state index contributed by atoms with van der Waals surface area (Å²) in [6.45, 7) is 1.80. The molecule has 0 saturated heterocycles. The number of nitrogens with zero attached hydrogens (tertiary/aromatic N) is 2. The van der Waals surface area contributed by atoms with E-state index in [-0.39, 0.29) is 5.91 Å². The molecule has 1 aromatic carbocycles. The molecule has 102 valence electrons. The van der Waals surface area contributed by atoms with Crippen molar-refractivity contribution < 1.29 is 9.53 Å². The number of H-pyrrole nitrogens is 1. The first-order chi connectivity index (χ1) is 9.67. The van der Waals surface area contributed by atoms with Gasteiger partial charge in [-0.15, -0.1) is 0 Å². The number of nitrogens with one attached hydrogen (secondary N) is 2. The van der Waals surface area contributed by atoms with Gasteiger partial charge in [-0.05, 0) is 25.1 Å². The normalized spacial score (nSPS) is 10.7. The van der Waals surface area contributed by atoms with Gasteiger partial charge in [-0.25, -0.2) is 4.98 Å². The average Bonchev–Trinajstić information content (AvgIpc) is 3.03. The first-order valence-electron chi connectivity index (χ1n) is 5.93. The van der Waals surface area contributed by atoms with Crippen LogP contribution >= 0.6 is 11.3 Å². The lowest BCUT2D eigenvalue weighted by atomic mass is 10.2. The minimum Gasteiger partial charge on any atom is -0.497 e. The number of hydrogen-bond acceptors (Lipinski definition) is 5. The van der Waals surface area contributed by atoms with Gasteiger partial charge in [0.2, 0.25) is 0 Å². The lowest BCUT2D eigenvalue weighted by Gasteiger charge is -1.98. The van der Waals surface area contributed by atoms with E-state index in [1.54, 1.807) is 14.0 Å². The molecule has 0 bridgehead atoms. The molecule has 2 heterocycles. The van der Waals surface area contributed by atoms with Gasteiger partial charge in [-0.2, -0.15) is 5.10 Å². The monoisotopic (exact) mass is 288 g/mol. The molecule has 0 aliphatic rings. The van der Waals surface area contributed by atoms with Gasteiger partial charge in [0.1, 0.15) is 5.75 Å². The number of thiazole rings is 1. The molecule has 0 spiro atoms. The summed E-state index contributed by atoms with van der Waals surface area (Å²) in [7, 11) is 1.62. The van der Waals surface area contributed by atoms with Crippen molar-refractivity contribution in [3.8, 4) is 5.75 Å². The fourth-order valence-corrected chi connectivity index (χ4v) is 2.72. The summed E-state index contributed by atoms with van der Waals surface area (Å²) in [6.07, 6.45) is 1.50. The fraction of sp³-hybridized carbons (Fsp3) is 0.154. The van der Waals surface area contributed by atoms with E-state index in [2.05, 4.69) is 20.5 Å². The number of aromatic nitrogens is 3. The van der Waals surface area contributed by atoms with Gasteiger partial charge in [0.25, 0.3) is 5.91 Å². The quantitative estimate of drug-likeness (QED) is 0.776. The average molecular weight is 288 g/mol. The first kappa shape index (κ1) is 12.6. The molecule has 3 rings (SSSR count). The summed E-state index contributed by atoms with van der Waals surface area (Å²) in [4.78, 5) is 16.4. The molecule has 1 amide bonds. The zero-order valence-electron chi connectivity index (χ0n) is 10.9. The van der Waals surface area contributed by atoms with E-state index >= 15 is 0 Å². The molecule has 3 aromatic rings. The second-order valence-electron chi connectivity index (χ2n) is 4.22. The molecule has 0 aliphatic carbocycles. The predicted molar refractivity (Wildman–Crippen MR) is 77.4 cm³/mol. The van der Waals surface area contributed by atoms with Crippen molar-refractivity contribution in [1.29, 1.82) is 0 Å². The van der Waals surface area contributed by atoms with Crippen LogP contribution in [0.4, 0.5) is 5.13 Å². The zero-order valence-corrected chi connectivity index (χ0v) is 11.7. The number of amides is 1. The van der Waals surface area contributed by atoms with Crippen molar-refractivity contribution in [2.45, 2.75) is 6.92 Å². The molecule has 7 heteroatoms. The summed E-state index contributed by atoms with van der Waals surface area (Å²) in [5, 5.41) is 9.90. The number of methoxy groups -OCH3 is 1. The molecule has 6 nitrogen and oxygen atoms in total. The first-order valence-corrected chi connectivity index (χ1v) is 6.75. The SMILES string of the molecule is COc1ccc2nc(NC(=O)c3cn[nH]c3C)sc2c1. The Kier molecular flexibility index (Phi) is 3.11. The molecule has 2 N–H and O–H groups in total. The van der Waals surface area contributed by atoms with E-state index in [1.165, 1.54) is 17.5 Å². The fourth-order valence-electron chi connectivity index (χ4n) is 1.83. The van der Waals surface area contributed by atoms with E-state index in [1.807, 2.05) is 18.2 Å². The molecular formula is C13H12N4O2S. The number of anilines is 1. The zero-order chi connectivity index (χ0) is 14.1. The Hall–Kier alpha value is -2.41. The van der Waals surface area contributed by atoms with Gasteiger partial charge in [0.05, 0.1) is 29.1 Å².